The van der Waals surface area contributed by atoms with Crippen molar-refractivity contribution in [1.82, 2.24) is 4.90 Å². The van der Waals surface area contributed by atoms with Crippen LogP contribution in [0.5, 0.6) is 0 Å². The minimum Gasteiger partial charge on any atom is -0.359 e. The van der Waals surface area contributed by atoms with Crippen LogP contribution in [-0.2, 0) is 13.1 Å². The molecule has 0 saturated heterocycles. The molecule has 1 aliphatic carbocycles. The van der Waals surface area contributed by atoms with E-state index in [2.05, 4.69) is 149 Å². The zero-order valence-corrected chi connectivity index (χ0v) is 27.5. The van der Waals surface area contributed by atoms with Crippen molar-refractivity contribution >= 4 is 30.5 Å². The molecule has 0 radical (unpaired) electrons. The quantitative estimate of drug-likeness (QED) is 0.141. The number of fused-ring (bicyclic) bond motifs is 3. The SMILES string of the molecule is C=N/C(C)=C(/C=C\C)N(Cc1ccc(-c2ccc3c(c2)-c2ccccc2CN3c2ccccc2N=C)cc1)C1C=CC=CC1.CC. The lowest BCUT2D eigenvalue weighted by Gasteiger charge is -2.34. The fourth-order valence-corrected chi connectivity index (χ4v) is 6.23. The summed E-state index contributed by atoms with van der Waals surface area (Å²) in [6, 6.07) is 33.0. The normalized spacial score (nSPS) is 15.3. The molecule has 4 nitrogen and oxygen atoms in total. The second kappa shape index (κ2) is 15.2. The van der Waals surface area contributed by atoms with E-state index < -0.39 is 0 Å². The minimum atomic E-state index is 0.257. The van der Waals surface area contributed by atoms with Crippen LogP contribution in [0.2, 0.25) is 0 Å². The van der Waals surface area contributed by atoms with Gasteiger partial charge in [0.05, 0.1) is 28.8 Å². The van der Waals surface area contributed by atoms with Gasteiger partial charge in [0, 0.05) is 24.3 Å². The van der Waals surface area contributed by atoms with Crippen LogP contribution in [0.1, 0.15) is 45.2 Å². The van der Waals surface area contributed by atoms with Crippen molar-refractivity contribution in [3.05, 3.63) is 150 Å². The molecule has 0 fully saturated rings. The number of hydrogen-bond acceptors (Lipinski definition) is 4. The Morgan fingerprint density at radius 1 is 0.870 bits per heavy atom. The van der Waals surface area contributed by atoms with Gasteiger partial charge in [-0.15, -0.1) is 0 Å². The summed E-state index contributed by atoms with van der Waals surface area (Å²) < 4.78 is 0. The molecule has 6 rings (SSSR count). The van der Waals surface area contributed by atoms with Crippen molar-refractivity contribution in [3.63, 3.8) is 0 Å². The summed E-state index contributed by atoms with van der Waals surface area (Å²) in [5.74, 6) is 0. The number of nitrogens with zero attached hydrogens (tertiary/aromatic N) is 4. The lowest BCUT2D eigenvalue weighted by molar-refractivity contribution is 0.289. The molecule has 0 spiro atoms. The van der Waals surface area contributed by atoms with Gasteiger partial charge in [-0.1, -0.05) is 111 Å². The van der Waals surface area contributed by atoms with Crippen LogP contribution in [0.4, 0.5) is 17.1 Å². The van der Waals surface area contributed by atoms with Crippen LogP contribution in [0, 0.1) is 0 Å². The molecular weight excluding hydrogens is 560 g/mol. The number of hydrogen-bond donors (Lipinski definition) is 0. The number of para-hydroxylation sites is 2. The topological polar surface area (TPSA) is 31.2 Å². The standard InChI is InChI=1S/C40H38N4.C2H6/c1-5-13-38(29(2)41-3)43(34-15-7-6-8-16-34)27-30-20-22-31(23-21-30)32-24-25-39-36(26-32)35-17-10-9-14-33(35)28-44(39)40-19-12-11-18-37(40)42-4;1-2/h5-15,17-26,34H,3-4,16,27-28H2,1-2H3;1-2H3/b13-5-,38-29-;. The summed E-state index contributed by atoms with van der Waals surface area (Å²) >= 11 is 0. The third-order valence-electron chi connectivity index (χ3n) is 8.51. The summed E-state index contributed by atoms with van der Waals surface area (Å²) in [4.78, 5) is 13.4. The minimum absolute atomic E-state index is 0.257. The molecule has 0 amide bonds. The van der Waals surface area contributed by atoms with Gasteiger partial charge in [-0.05, 0) is 91.9 Å². The summed E-state index contributed by atoms with van der Waals surface area (Å²) in [7, 11) is 0. The van der Waals surface area contributed by atoms with Crippen LogP contribution >= 0.6 is 0 Å². The first-order valence-corrected chi connectivity index (χ1v) is 16.2. The van der Waals surface area contributed by atoms with E-state index in [0.717, 1.165) is 42.3 Å². The maximum absolute atomic E-state index is 4.32. The van der Waals surface area contributed by atoms with Gasteiger partial charge in [0.25, 0.3) is 0 Å². The van der Waals surface area contributed by atoms with E-state index in [-0.39, 0.29) is 6.04 Å². The molecular formula is C42H44N4. The van der Waals surface area contributed by atoms with E-state index in [0.29, 0.717) is 0 Å². The van der Waals surface area contributed by atoms with Crippen LogP contribution in [0.15, 0.2) is 149 Å². The first kappa shape index (κ1) is 32.2. The van der Waals surface area contributed by atoms with E-state index in [4.69, 9.17) is 0 Å². The van der Waals surface area contributed by atoms with Crippen molar-refractivity contribution in [2.24, 2.45) is 9.98 Å². The van der Waals surface area contributed by atoms with Gasteiger partial charge >= 0.3 is 0 Å². The first-order valence-electron chi connectivity index (χ1n) is 16.2. The number of anilines is 2. The number of allylic oxidation sites excluding steroid dienone is 5. The maximum atomic E-state index is 4.32. The molecule has 46 heavy (non-hydrogen) atoms. The van der Waals surface area contributed by atoms with Crippen molar-refractivity contribution in [2.45, 2.75) is 53.2 Å². The number of aliphatic imine (C=N–C) groups is 2. The highest BCUT2D eigenvalue weighted by molar-refractivity contribution is 5.92. The molecule has 1 unspecified atom stereocenters. The third-order valence-corrected chi connectivity index (χ3v) is 8.51. The fourth-order valence-electron chi connectivity index (χ4n) is 6.23. The van der Waals surface area contributed by atoms with Crippen molar-refractivity contribution < 1.29 is 0 Å². The summed E-state index contributed by atoms with van der Waals surface area (Å²) in [5, 5.41) is 0. The highest BCUT2D eigenvalue weighted by Gasteiger charge is 2.25. The lowest BCUT2D eigenvalue weighted by atomic mass is 9.90. The summed E-state index contributed by atoms with van der Waals surface area (Å²) in [5.41, 5.74) is 12.6. The Labute approximate surface area is 275 Å². The monoisotopic (exact) mass is 604 g/mol. The second-order valence-corrected chi connectivity index (χ2v) is 11.2. The third kappa shape index (κ3) is 6.72. The van der Waals surface area contributed by atoms with Gasteiger partial charge in [-0.3, -0.25) is 9.98 Å². The van der Waals surface area contributed by atoms with E-state index in [1.807, 2.05) is 39.8 Å². The van der Waals surface area contributed by atoms with Crippen molar-refractivity contribution in [2.75, 3.05) is 4.90 Å². The van der Waals surface area contributed by atoms with Crippen molar-refractivity contribution in [3.8, 4) is 22.3 Å². The van der Waals surface area contributed by atoms with E-state index >= 15 is 0 Å². The van der Waals surface area contributed by atoms with Gasteiger partial charge in [-0.25, -0.2) is 0 Å². The van der Waals surface area contributed by atoms with E-state index in [1.54, 1.807) is 0 Å². The van der Waals surface area contributed by atoms with Gasteiger partial charge in [0.15, 0.2) is 0 Å². The zero-order valence-electron chi connectivity index (χ0n) is 27.5. The van der Waals surface area contributed by atoms with Gasteiger partial charge in [-0.2, -0.15) is 0 Å². The van der Waals surface area contributed by atoms with Crippen LogP contribution in [-0.4, -0.2) is 24.4 Å². The summed E-state index contributed by atoms with van der Waals surface area (Å²) in [6.07, 6.45) is 13.9. The average molecular weight is 605 g/mol. The molecule has 1 aliphatic heterocycles. The molecule has 4 aromatic carbocycles. The molecule has 2 aliphatic rings. The largest absolute Gasteiger partial charge is 0.359 e. The molecule has 4 aromatic rings. The van der Waals surface area contributed by atoms with Gasteiger partial charge < -0.3 is 9.80 Å². The zero-order chi connectivity index (χ0) is 32.5. The van der Waals surface area contributed by atoms with Gasteiger partial charge in [0.2, 0.25) is 0 Å². The first-order chi connectivity index (χ1) is 22.6. The lowest BCUT2D eigenvalue weighted by Crippen LogP contribution is -2.33. The Hall–Kier alpha value is -5.22. The highest BCUT2D eigenvalue weighted by Crippen LogP contribution is 2.46. The van der Waals surface area contributed by atoms with Crippen LogP contribution in [0.25, 0.3) is 22.3 Å². The predicted octanol–water partition coefficient (Wildman–Crippen LogP) is 11.2. The summed E-state index contributed by atoms with van der Waals surface area (Å²) in [6.45, 7) is 17.3. The molecule has 0 bridgehead atoms. The Morgan fingerprint density at radius 2 is 1.61 bits per heavy atom. The van der Waals surface area contributed by atoms with E-state index in [9.17, 15) is 0 Å². The van der Waals surface area contributed by atoms with E-state index in [1.165, 1.54) is 39.1 Å². The number of benzene rings is 4. The smallest absolute Gasteiger partial charge is 0.0859 e. The molecule has 0 aromatic heterocycles. The van der Waals surface area contributed by atoms with Crippen molar-refractivity contribution in [1.29, 1.82) is 0 Å². The Balaban J connectivity index is 0.00000204. The Kier molecular flexibility index (Phi) is 10.6. The molecule has 4 heteroatoms. The molecule has 232 valence electrons. The Bertz CT molecular complexity index is 1810. The van der Waals surface area contributed by atoms with Gasteiger partial charge in [0.1, 0.15) is 0 Å². The molecule has 1 atom stereocenters. The predicted molar refractivity (Wildman–Crippen MR) is 199 cm³/mol. The van der Waals surface area contributed by atoms with Crippen LogP contribution < -0.4 is 4.90 Å². The second-order valence-electron chi connectivity index (χ2n) is 11.2. The molecule has 0 N–H and O–H groups in total. The fraction of sp³-hybridized carbons (Fsp3) is 0.190. The number of rotatable bonds is 9. The Morgan fingerprint density at radius 3 is 2.33 bits per heavy atom. The highest BCUT2D eigenvalue weighted by atomic mass is 15.2. The molecule has 1 heterocycles. The molecule has 0 saturated carbocycles. The maximum Gasteiger partial charge on any atom is 0.0859 e. The van der Waals surface area contributed by atoms with Crippen LogP contribution in [0.3, 0.4) is 0 Å². The average Bonchev–Trinajstić information content (AvgIpc) is 3.13.